The van der Waals surface area contributed by atoms with Crippen molar-refractivity contribution >= 4 is 0 Å². The number of rotatable bonds is 6. The first-order valence-electron chi connectivity index (χ1n) is 5.33. The van der Waals surface area contributed by atoms with Crippen LogP contribution in [0.5, 0.6) is 0 Å². The van der Waals surface area contributed by atoms with Crippen molar-refractivity contribution in [2.75, 3.05) is 7.11 Å². The molecule has 0 fully saturated rings. The quantitative estimate of drug-likeness (QED) is 0.646. The number of hydrogen-bond acceptors (Lipinski definition) is 2. The first-order chi connectivity index (χ1) is 6.04. The second-order valence-electron chi connectivity index (χ2n) is 4.32. The molecule has 0 aliphatic carbocycles. The van der Waals surface area contributed by atoms with Crippen LogP contribution in [0.4, 0.5) is 0 Å². The maximum atomic E-state index is 4.98. The summed E-state index contributed by atoms with van der Waals surface area (Å²) in [5, 5.41) is 0. The zero-order chi connectivity index (χ0) is 10.4. The van der Waals surface area contributed by atoms with Crippen LogP contribution in [-0.2, 0) is 4.84 Å². The lowest BCUT2D eigenvalue weighted by atomic mass is 9.78. The maximum Gasteiger partial charge on any atom is 0.0572 e. The molecule has 3 unspecified atom stereocenters. The molecule has 13 heavy (non-hydrogen) atoms. The normalized spacial score (nSPS) is 18.7. The van der Waals surface area contributed by atoms with Crippen molar-refractivity contribution in [1.29, 1.82) is 0 Å². The van der Waals surface area contributed by atoms with E-state index in [1.807, 2.05) is 0 Å². The van der Waals surface area contributed by atoms with Gasteiger partial charge in [0.25, 0.3) is 0 Å². The Balaban J connectivity index is 4.22. The molecule has 0 saturated carbocycles. The van der Waals surface area contributed by atoms with E-state index < -0.39 is 0 Å². The largest absolute Gasteiger partial charge is 0.305 e. The third-order valence-corrected chi connectivity index (χ3v) is 2.95. The summed E-state index contributed by atoms with van der Waals surface area (Å²) in [5.74, 6) is 2.13. The summed E-state index contributed by atoms with van der Waals surface area (Å²) in [6, 6.07) is 0.431. The fourth-order valence-electron chi connectivity index (χ4n) is 2.26. The van der Waals surface area contributed by atoms with Crippen LogP contribution >= 0.6 is 0 Å². The molecule has 0 radical (unpaired) electrons. The van der Waals surface area contributed by atoms with Crippen molar-refractivity contribution in [3.8, 4) is 0 Å². The van der Waals surface area contributed by atoms with Crippen molar-refractivity contribution in [3.63, 3.8) is 0 Å². The first kappa shape index (κ1) is 12.9. The summed E-state index contributed by atoms with van der Waals surface area (Å²) >= 11 is 0. The molecule has 0 aromatic carbocycles. The molecule has 0 rings (SSSR count). The van der Waals surface area contributed by atoms with E-state index >= 15 is 0 Å². The Morgan fingerprint density at radius 3 is 2.00 bits per heavy atom. The second-order valence-corrected chi connectivity index (χ2v) is 4.32. The SMILES string of the molecule is CCC(C)C(C(C)C)C(C)NOC. The zero-order valence-corrected chi connectivity index (χ0v) is 9.92. The summed E-state index contributed by atoms with van der Waals surface area (Å²) < 4.78 is 0. The molecule has 0 heterocycles. The van der Waals surface area contributed by atoms with Gasteiger partial charge in [-0.05, 0) is 24.7 Å². The molecule has 80 valence electrons. The van der Waals surface area contributed by atoms with Crippen LogP contribution in [0.2, 0.25) is 0 Å². The van der Waals surface area contributed by atoms with E-state index in [1.54, 1.807) is 7.11 Å². The van der Waals surface area contributed by atoms with Gasteiger partial charge in [-0.2, -0.15) is 5.48 Å². The third kappa shape index (κ3) is 4.10. The summed E-state index contributed by atoms with van der Waals surface area (Å²) in [7, 11) is 1.69. The lowest BCUT2D eigenvalue weighted by Crippen LogP contribution is -2.38. The minimum absolute atomic E-state index is 0.431. The van der Waals surface area contributed by atoms with E-state index in [4.69, 9.17) is 4.84 Å². The van der Waals surface area contributed by atoms with E-state index in [9.17, 15) is 0 Å². The van der Waals surface area contributed by atoms with E-state index in [0.717, 1.165) is 5.92 Å². The Kier molecular flexibility index (Phi) is 6.35. The van der Waals surface area contributed by atoms with Crippen LogP contribution < -0.4 is 5.48 Å². The Morgan fingerprint density at radius 2 is 1.69 bits per heavy atom. The van der Waals surface area contributed by atoms with Crippen molar-refractivity contribution < 1.29 is 4.84 Å². The van der Waals surface area contributed by atoms with Gasteiger partial charge in [-0.15, -0.1) is 0 Å². The second kappa shape index (κ2) is 6.39. The molecule has 2 nitrogen and oxygen atoms in total. The van der Waals surface area contributed by atoms with Crippen molar-refractivity contribution in [2.45, 2.75) is 47.1 Å². The van der Waals surface area contributed by atoms with Gasteiger partial charge in [-0.3, -0.25) is 0 Å². The molecule has 0 aromatic heterocycles. The molecule has 0 amide bonds. The van der Waals surface area contributed by atoms with Crippen molar-refractivity contribution in [2.24, 2.45) is 17.8 Å². The highest BCUT2D eigenvalue weighted by atomic mass is 16.6. The van der Waals surface area contributed by atoms with Crippen LogP contribution in [0.1, 0.15) is 41.0 Å². The minimum atomic E-state index is 0.431. The predicted octanol–water partition coefficient (Wildman–Crippen LogP) is 2.84. The third-order valence-electron chi connectivity index (χ3n) is 2.95. The minimum Gasteiger partial charge on any atom is -0.305 e. The van der Waals surface area contributed by atoms with Gasteiger partial charge in [0.1, 0.15) is 0 Å². The number of hydrogen-bond donors (Lipinski definition) is 1. The highest BCUT2D eigenvalue weighted by molar-refractivity contribution is 4.76. The number of hydroxylamine groups is 1. The fourth-order valence-corrected chi connectivity index (χ4v) is 2.26. The summed E-state index contributed by atoms with van der Waals surface area (Å²) in [4.78, 5) is 4.98. The Morgan fingerprint density at radius 1 is 1.15 bits per heavy atom. The van der Waals surface area contributed by atoms with Crippen LogP contribution in [-0.4, -0.2) is 13.2 Å². The topological polar surface area (TPSA) is 21.3 Å². The maximum absolute atomic E-state index is 4.98. The zero-order valence-electron chi connectivity index (χ0n) is 9.92. The van der Waals surface area contributed by atoms with Crippen molar-refractivity contribution in [1.82, 2.24) is 5.48 Å². The molecular formula is C11H25NO. The monoisotopic (exact) mass is 187 g/mol. The molecule has 0 spiro atoms. The molecule has 0 aromatic rings. The molecule has 0 bridgehead atoms. The molecular weight excluding hydrogens is 162 g/mol. The van der Waals surface area contributed by atoms with Crippen LogP contribution in [0.3, 0.4) is 0 Å². The Bertz CT molecular complexity index is 125. The van der Waals surface area contributed by atoms with Crippen LogP contribution in [0.25, 0.3) is 0 Å². The predicted molar refractivity (Wildman–Crippen MR) is 57.4 cm³/mol. The smallest absolute Gasteiger partial charge is 0.0572 e. The highest BCUT2D eigenvalue weighted by Crippen LogP contribution is 2.26. The van der Waals surface area contributed by atoms with Crippen LogP contribution in [0.15, 0.2) is 0 Å². The van der Waals surface area contributed by atoms with Gasteiger partial charge in [0.05, 0.1) is 7.11 Å². The first-order valence-corrected chi connectivity index (χ1v) is 5.33. The lowest BCUT2D eigenvalue weighted by molar-refractivity contribution is 0.0256. The van der Waals surface area contributed by atoms with Gasteiger partial charge in [0.2, 0.25) is 0 Å². The number of nitrogens with one attached hydrogen (secondary N) is 1. The molecule has 0 aliphatic rings. The van der Waals surface area contributed by atoms with Gasteiger partial charge in [-0.1, -0.05) is 34.1 Å². The van der Waals surface area contributed by atoms with Crippen LogP contribution in [0, 0.1) is 17.8 Å². The summed E-state index contributed by atoms with van der Waals surface area (Å²) in [6.45, 7) is 11.3. The average Bonchev–Trinajstić information content (AvgIpc) is 2.04. The molecule has 0 aliphatic heterocycles. The highest BCUT2D eigenvalue weighted by Gasteiger charge is 2.25. The molecule has 2 heteroatoms. The van der Waals surface area contributed by atoms with Gasteiger partial charge in [0.15, 0.2) is 0 Å². The van der Waals surface area contributed by atoms with Gasteiger partial charge in [-0.25, -0.2) is 0 Å². The van der Waals surface area contributed by atoms with Gasteiger partial charge < -0.3 is 4.84 Å². The molecule has 0 saturated heterocycles. The van der Waals surface area contributed by atoms with Gasteiger partial charge >= 0.3 is 0 Å². The van der Waals surface area contributed by atoms with Gasteiger partial charge in [0, 0.05) is 6.04 Å². The summed E-state index contributed by atoms with van der Waals surface area (Å²) in [5.41, 5.74) is 3.04. The summed E-state index contributed by atoms with van der Waals surface area (Å²) in [6.07, 6.45) is 1.23. The standard InChI is InChI=1S/C11H25NO/c1-7-9(4)11(8(2)3)10(5)12-13-6/h8-12H,7H2,1-6H3. The van der Waals surface area contributed by atoms with E-state index in [2.05, 4.69) is 40.1 Å². The molecule has 3 atom stereocenters. The van der Waals surface area contributed by atoms with Crippen molar-refractivity contribution in [3.05, 3.63) is 0 Å². The van der Waals surface area contributed by atoms with E-state index in [0.29, 0.717) is 17.9 Å². The Labute approximate surface area is 83.0 Å². The van der Waals surface area contributed by atoms with E-state index in [-0.39, 0.29) is 0 Å². The van der Waals surface area contributed by atoms with E-state index in [1.165, 1.54) is 6.42 Å². The molecule has 1 N–H and O–H groups in total. The average molecular weight is 187 g/mol. The Hall–Kier alpha value is -0.0800. The fraction of sp³-hybridized carbons (Fsp3) is 1.00. The lowest BCUT2D eigenvalue weighted by Gasteiger charge is -2.32.